The van der Waals surface area contributed by atoms with Crippen LogP contribution in [0.15, 0.2) is 53.7 Å². The van der Waals surface area contributed by atoms with Crippen LogP contribution in [0.25, 0.3) is 21.9 Å². The number of nitrogens with zero attached hydrogens (tertiary/aromatic N) is 2. The van der Waals surface area contributed by atoms with E-state index in [2.05, 4.69) is 22.4 Å². The number of rotatable bonds is 3. The first-order chi connectivity index (χ1) is 12.2. The first kappa shape index (κ1) is 15.8. The molecule has 128 valence electrons. The van der Waals surface area contributed by atoms with Crippen molar-refractivity contribution in [1.29, 1.82) is 0 Å². The third kappa shape index (κ3) is 3.15. The van der Waals surface area contributed by atoms with E-state index in [1.807, 2.05) is 24.4 Å². The molecule has 0 amide bonds. The highest BCUT2D eigenvalue weighted by Crippen LogP contribution is 2.28. The second-order valence-corrected chi connectivity index (χ2v) is 6.47. The Morgan fingerprint density at radius 3 is 2.64 bits per heavy atom. The Bertz CT molecular complexity index is 941. The molecule has 0 spiro atoms. The van der Waals surface area contributed by atoms with Gasteiger partial charge in [-0.15, -0.1) is 0 Å². The average Bonchev–Trinajstić information content (AvgIpc) is 2.66. The summed E-state index contributed by atoms with van der Waals surface area (Å²) in [6, 6.07) is 10.0. The number of pyridine rings is 2. The Morgan fingerprint density at radius 2 is 1.88 bits per heavy atom. The van der Waals surface area contributed by atoms with Crippen LogP contribution in [-0.2, 0) is 7.05 Å². The van der Waals surface area contributed by atoms with Gasteiger partial charge in [-0.25, -0.2) is 0 Å². The van der Waals surface area contributed by atoms with Crippen LogP contribution in [0, 0.1) is 0 Å². The Balaban J connectivity index is 1.67. The zero-order chi connectivity index (χ0) is 17.2. The molecule has 4 rings (SSSR count). The molecule has 1 aliphatic rings. The molecule has 3 heterocycles. The first-order valence-electron chi connectivity index (χ1n) is 8.63. The predicted octanol–water partition coefficient (Wildman–Crippen LogP) is 2.73. The van der Waals surface area contributed by atoms with E-state index in [0.717, 1.165) is 48.2 Å². The van der Waals surface area contributed by atoms with Gasteiger partial charge in [-0.1, -0.05) is 12.1 Å². The summed E-state index contributed by atoms with van der Waals surface area (Å²) in [7, 11) is 1.77. The third-order valence-electron chi connectivity index (χ3n) is 4.74. The lowest BCUT2D eigenvalue weighted by atomic mass is 10.0. The van der Waals surface area contributed by atoms with Gasteiger partial charge in [-0.2, -0.15) is 0 Å². The zero-order valence-electron chi connectivity index (χ0n) is 14.2. The van der Waals surface area contributed by atoms with E-state index in [4.69, 9.17) is 4.74 Å². The minimum atomic E-state index is -0.0299. The molecular formula is C20H21N3O2. The normalized spacial score (nSPS) is 15.4. The monoisotopic (exact) mass is 335 g/mol. The summed E-state index contributed by atoms with van der Waals surface area (Å²) in [6.45, 7) is 2.03. The topological polar surface area (TPSA) is 56.1 Å². The fourth-order valence-corrected chi connectivity index (χ4v) is 3.36. The smallest absolute Gasteiger partial charge is 0.259 e. The summed E-state index contributed by atoms with van der Waals surface area (Å²) in [6.07, 6.45) is 7.61. The van der Waals surface area contributed by atoms with E-state index in [1.165, 1.54) is 0 Å². The second kappa shape index (κ2) is 6.69. The van der Waals surface area contributed by atoms with Crippen molar-refractivity contribution in [2.24, 2.45) is 7.05 Å². The van der Waals surface area contributed by atoms with E-state index in [-0.39, 0.29) is 11.7 Å². The molecule has 1 N–H and O–H groups in total. The number of piperidine rings is 1. The van der Waals surface area contributed by atoms with Crippen LogP contribution in [-0.4, -0.2) is 28.7 Å². The van der Waals surface area contributed by atoms with Crippen molar-refractivity contribution in [2.45, 2.75) is 18.9 Å². The lowest BCUT2D eigenvalue weighted by Gasteiger charge is -2.23. The fourth-order valence-electron chi connectivity index (χ4n) is 3.36. The van der Waals surface area contributed by atoms with Crippen LogP contribution in [0.5, 0.6) is 5.75 Å². The highest BCUT2D eigenvalue weighted by molar-refractivity contribution is 5.95. The number of hydrogen-bond acceptors (Lipinski definition) is 4. The quantitative estimate of drug-likeness (QED) is 0.800. The molecule has 1 aliphatic heterocycles. The highest BCUT2D eigenvalue weighted by atomic mass is 16.5. The second-order valence-electron chi connectivity index (χ2n) is 6.47. The number of hydrogen-bond donors (Lipinski definition) is 1. The molecule has 5 nitrogen and oxygen atoms in total. The minimum absolute atomic E-state index is 0.0299. The van der Waals surface area contributed by atoms with Crippen molar-refractivity contribution in [3.63, 3.8) is 0 Å². The highest BCUT2D eigenvalue weighted by Gasteiger charge is 2.14. The van der Waals surface area contributed by atoms with Gasteiger partial charge in [0.05, 0.1) is 5.39 Å². The van der Waals surface area contributed by atoms with Gasteiger partial charge in [-0.3, -0.25) is 9.78 Å². The number of aryl methyl sites for hydroxylation is 1. The van der Waals surface area contributed by atoms with Gasteiger partial charge in [0.15, 0.2) is 0 Å². The van der Waals surface area contributed by atoms with Crippen LogP contribution in [0.4, 0.5) is 0 Å². The predicted molar refractivity (Wildman–Crippen MR) is 98.9 cm³/mol. The van der Waals surface area contributed by atoms with Gasteiger partial charge >= 0.3 is 0 Å². The van der Waals surface area contributed by atoms with Crippen LogP contribution in [0.3, 0.4) is 0 Å². The van der Waals surface area contributed by atoms with Crippen molar-refractivity contribution >= 4 is 10.8 Å². The van der Waals surface area contributed by atoms with Crippen molar-refractivity contribution in [1.82, 2.24) is 14.9 Å². The molecule has 0 atom stereocenters. The molecule has 2 aromatic heterocycles. The molecule has 1 saturated heterocycles. The largest absolute Gasteiger partial charge is 0.490 e. The summed E-state index contributed by atoms with van der Waals surface area (Å²) in [4.78, 5) is 16.4. The maximum absolute atomic E-state index is 12.3. The summed E-state index contributed by atoms with van der Waals surface area (Å²) < 4.78 is 7.68. The molecule has 0 aliphatic carbocycles. The Morgan fingerprint density at radius 1 is 1.12 bits per heavy atom. The van der Waals surface area contributed by atoms with Crippen LogP contribution in [0.1, 0.15) is 12.8 Å². The van der Waals surface area contributed by atoms with Crippen LogP contribution < -0.4 is 15.6 Å². The molecule has 25 heavy (non-hydrogen) atoms. The van der Waals surface area contributed by atoms with Crippen molar-refractivity contribution in [3.05, 3.63) is 59.3 Å². The summed E-state index contributed by atoms with van der Waals surface area (Å²) in [5.74, 6) is 0.895. The van der Waals surface area contributed by atoms with Gasteiger partial charge in [-0.05, 0) is 55.1 Å². The zero-order valence-corrected chi connectivity index (χ0v) is 14.2. The number of fused-ring (bicyclic) bond motifs is 1. The summed E-state index contributed by atoms with van der Waals surface area (Å²) >= 11 is 0. The number of benzene rings is 1. The molecule has 0 unspecified atom stereocenters. The van der Waals surface area contributed by atoms with Gasteiger partial charge in [0, 0.05) is 31.2 Å². The molecule has 0 saturated carbocycles. The standard InChI is InChI=1S/C20H21N3O2/c1-23-13-19(17-8-11-22-12-18(17)20(23)24)14-2-4-15(5-3-14)25-16-6-9-21-10-7-16/h2-5,8,11-13,16,21H,6-7,9-10H2,1H3. The molecule has 1 aromatic carbocycles. The molecule has 1 fully saturated rings. The SMILES string of the molecule is Cn1cc(-c2ccc(OC3CCNCC3)cc2)c2ccncc2c1=O. The van der Waals surface area contributed by atoms with Crippen LogP contribution >= 0.6 is 0 Å². The average molecular weight is 335 g/mol. The Kier molecular flexibility index (Phi) is 4.24. The molecule has 0 radical (unpaired) electrons. The van der Waals surface area contributed by atoms with Crippen molar-refractivity contribution < 1.29 is 4.74 Å². The van der Waals surface area contributed by atoms with Gasteiger partial charge in [0.25, 0.3) is 5.56 Å². The summed E-state index contributed by atoms with van der Waals surface area (Å²) in [5, 5.41) is 4.90. The molecule has 3 aromatic rings. The van der Waals surface area contributed by atoms with E-state index in [1.54, 1.807) is 24.0 Å². The maximum atomic E-state index is 12.3. The van der Waals surface area contributed by atoms with Gasteiger partial charge in [0.2, 0.25) is 0 Å². The number of aromatic nitrogens is 2. The Hall–Kier alpha value is -2.66. The van der Waals surface area contributed by atoms with Crippen LogP contribution in [0.2, 0.25) is 0 Å². The van der Waals surface area contributed by atoms with E-state index in [9.17, 15) is 4.79 Å². The Labute approximate surface area is 146 Å². The molecule has 5 heteroatoms. The van der Waals surface area contributed by atoms with Gasteiger partial charge in [0.1, 0.15) is 11.9 Å². The fraction of sp³-hybridized carbons (Fsp3) is 0.300. The molecule has 0 bridgehead atoms. The van der Waals surface area contributed by atoms with Gasteiger partial charge < -0.3 is 14.6 Å². The summed E-state index contributed by atoms with van der Waals surface area (Å²) in [5.41, 5.74) is 2.05. The van der Waals surface area contributed by atoms with Crippen molar-refractivity contribution in [2.75, 3.05) is 13.1 Å². The number of ether oxygens (including phenoxy) is 1. The minimum Gasteiger partial charge on any atom is -0.490 e. The van der Waals surface area contributed by atoms with E-state index < -0.39 is 0 Å². The molecular weight excluding hydrogens is 314 g/mol. The maximum Gasteiger partial charge on any atom is 0.259 e. The first-order valence-corrected chi connectivity index (χ1v) is 8.63. The third-order valence-corrected chi connectivity index (χ3v) is 4.74. The van der Waals surface area contributed by atoms with E-state index >= 15 is 0 Å². The van der Waals surface area contributed by atoms with E-state index in [0.29, 0.717) is 5.39 Å². The number of nitrogens with one attached hydrogen (secondary N) is 1. The van der Waals surface area contributed by atoms with Crippen molar-refractivity contribution in [3.8, 4) is 16.9 Å². The lowest BCUT2D eigenvalue weighted by Crippen LogP contribution is -2.34. The lowest BCUT2D eigenvalue weighted by molar-refractivity contribution is 0.162.